The lowest BCUT2D eigenvalue weighted by atomic mass is 9.73. The number of nitrogens with zero attached hydrogens (tertiary/aromatic N) is 2. The summed E-state index contributed by atoms with van der Waals surface area (Å²) in [5.41, 5.74) is 4.30. The number of ketones is 1. The molecule has 1 spiro atoms. The van der Waals surface area contributed by atoms with E-state index < -0.39 is 0 Å². The van der Waals surface area contributed by atoms with Gasteiger partial charge in [-0.1, -0.05) is 91.0 Å². The molecule has 6 rings (SSSR count). The van der Waals surface area contributed by atoms with Crippen molar-refractivity contribution >= 4 is 22.5 Å². The van der Waals surface area contributed by atoms with Gasteiger partial charge in [0, 0.05) is 42.0 Å². The maximum Gasteiger partial charge on any atom is 0.254 e. The molecule has 4 heteroatoms. The van der Waals surface area contributed by atoms with Gasteiger partial charge in [-0.3, -0.25) is 9.59 Å². The van der Waals surface area contributed by atoms with Crippen molar-refractivity contribution in [3.8, 4) is 0 Å². The predicted molar refractivity (Wildman–Crippen MR) is 162 cm³/mol. The molecule has 0 bridgehead atoms. The lowest BCUT2D eigenvalue weighted by Crippen LogP contribution is -2.42. The standard InChI is InChI=1S/C36H38N2O2/c1-2-38(35(40)31-17-10-14-28-13-6-7-15-30(28)31)26-29(27-11-4-3-5-12-27)19-22-37-23-20-36(21-24-37)25-34(39)32-16-8-9-18-33(32)36/h3-18,29H,2,19-26H2,1H3/t29-/m1/s1. The zero-order valence-electron chi connectivity index (χ0n) is 23.4. The molecule has 1 saturated heterocycles. The number of fused-ring (bicyclic) bond motifs is 3. The summed E-state index contributed by atoms with van der Waals surface area (Å²) < 4.78 is 0. The van der Waals surface area contributed by atoms with Gasteiger partial charge >= 0.3 is 0 Å². The van der Waals surface area contributed by atoms with Crippen molar-refractivity contribution in [2.45, 2.75) is 43.9 Å². The first-order valence-electron chi connectivity index (χ1n) is 14.7. The Hall–Kier alpha value is -3.76. The number of piperidine rings is 1. The van der Waals surface area contributed by atoms with Crippen LogP contribution in [0.3, 0.4) is 0 Å². The largest absolute Gasteiger partial charge is 0.338 e. The number of hydrogen-bond acceptors (Lipinski definition) is 3. The van der Waals surface area contributed by atoms with Crippen molar-refractivity contribution in [2.24, 2.45) is 0 Å². The highest BCUT2D eigenvalue weighted by atomic mass is 16.2. The molecule has 204 valence electrons. The van der Waals surface area contributed by atoms with Gasteiger partial charge in [-0.2, -0.15) is 0 Å². The fourth-order valence-electron chi connectivity index (χ4n) is 6.97. The minimum Gasteiger partial charge on any atom is -0.338 e. The van der Waals surface area contributed by atoms with Crippen LogP contribution < -0.4 is 0 Å². The second-order valence-corrected chi connectivity index (χ2v) is 11.5. The number of carbonyl (C=O) groups excluding carboxylic acids is 2. The molecule has 1 amide bonds. The maximum absolute atomic E-state index is 13.8. The SMILES string of the molecule is CCN(C[C@@H](CCN1CCC2(CC1)CC(=O)c1ccccc12)c1ccccc1)C(=O)c1cccc2ccccc12. The van der Waals surface area contributed by atoms with Crippen LogP contribution in [0.2, 0.25) is 0 Å². The molecule has 0 unspecified atom stereocenters. The van der Waals surface area contributed by atoms with E-state index in [1.165, 1.54) is 11.1 Å². The fraction of sp³-hybridized carbons (Fsp3) is 0.333. The Morgan fingerprint density at radius 1 is 0.875 bits per heavy atom. The zero-order valence-corrected chi connectivity index (χ0v) is 23.4. The predicted octanol–water partition coefficient (Wildman–Crippen LogP) is 7.10. The van der Waals surface area contributed by atoms with Crippen LogP contribution in [0.25, 0.3) is 10.8 Å². The average molecular weight is 531 g/mol. The average Bonchev–Trinajstić information content (AvgIpc) is 3.28. The summed E-state index contributed by atoms with van der Waals surface area (Å²) in [5.74, 6) is 0.665. The van der Waals surface area contributed by atoms with Gasteiger partial charge < -0.3 is 9.80 Å². The molecule has 0 saturated carbocycles. The minimum atomic E-state index is 0.0207. The Morgan fingerprint density at radius 3 is 2.38 bits per heavy atom. The summed E-state index contributed by atoms with van der Waals surface area (Å²) in [6.45, 7) is 6.46. The molecule has 2 aliphatic rings. The number of amides is 1. The lowest BCUT2D eigenvalue weighted by Gasteiger charge is -2.40. The molecule has 0 aromatic heterocycles. The van der Waals surface area contributed by atoms with E-state index in [1.54, 1.807) is 0 Å². The molecule has 0 radical (unpaired) electrons. The van der Waals surface area contributed by atoms with Crippen LogP contribution in [0.4, 0.5) is 0 Å². The number of rotatable bonds is 8. The normalized spacial score (nSPS) is 17.2. The molecule has 4 aromatic rings. The van der Waals surface area contributed by atoms with Gasteiger partial charge in [0.1, 0.15) is 0 Å². The third-order valence-electron chi connectivity index (χ3n) is 9.31. The molecule has 1 heterocycles. The number of carbonyl (C=O) groups is 2. The summed E-state index contributed by atoms with van der Waals surface area (Å²) in [6.07, 6.45) is 3.72. The number of likely N-dealkylation sites (tertiary alicyclic amines) is 1. The molecular formula is C36H38N2O2. The summed E-state index contributed by atoms with van der Waals surface area (Å²) >= 11 is 0. The van der Waals surface area contributed by atoms with Crippen LogP contribution >= 0.6 is 0 Å². The fourth-order valence-corrected chi connectivity index (χ4v) is 6.97. The summed E-state index contributed by atoms with van der Waals surface area (Å²) in [6, 6.07) is 33.1. The van der Waals surface area contributed by atoms with Gasteiger partial charge in [-0.25, -0.2) is 0 Å². The van der Waals surface area contributed by atoms with Crippen molar-refractivity contribution in [3.63, 3.8) is 0 Å². The van der Waals surface area contributed by atoms with Gasteiger partial charge in [-0.05, 0) is 73.8 Å². The van der Waals surface area contributed by atoms with Crippen LogP contribution in [-0.4, -0.2) is 54.2 Å². The van der Waals surface area contributed by atoms with Crippen molar-refractivity contribution in [1.29, 1.82) is 0 Å². The first-order valence-corrected chi connectivity index (χ1v) is 14.7. The van der Waals surface area contributed by atoms with Gasteiger partial charge in [0.2, 0.25) is 0 Å². The molecule has 4 nitrogen and oxygen atoms in total. The van der Waals surface area contributed by atoms with Crippen molar-refractivity contribution in [2.75, 3.05) is 32.7 Å². The molecule has 1 fully saturated rings. The van der Waals surface area contributed by atoms with Crippen LogP contribution in [0.1, 0.15) is 70.4 Å². The van der Waals surface area contributed by atoms with E-state index in [0.717, 1.165) is 60.8 Å². The third kappa shape index (κ3) is 5.09. The smallest absolute Gasteiger partial charge is 0.254 e. The second kappa shape index (κ2) is 11.4. The van der Waals surface area contributed by atoms with E-state index in [0.29, 0.717) is 25.3 Å². The molecule has 0 N–H and O–H groups in total. The zero-order chi connectivity index (χ0) is 27.5. The van der Waals surface area contributed by atoms with E-state index in [-0.39, 0.29) is 17.2 Å². The van der Waals surface area contributed by atoms with Gasteiger partial charge in [0.05, 0.1) is 0 Å². The molecule has 1 aliphatic heterocycles. The highest BCUT2D eigenvalue weighted by Gasteiger charge is 2.44. The van der Waals surface area contributed by atoms with Crippen molar-refractivity contribution in [3.05, 3.63) is 119 Å². The minimum absolute atomic E-state index is 0.0207. The maximum atomic E-state index is 13.8. The Morgan fingerprint density at radius 2 is 1.57 bits per heavy atom. The van der Waals surface area contributed by atoms with Crippen LogP contribution in [0.5, 0.6) is 0 Å². The quantitative estimate of drug-likeness (QED) is 0.244. The Bertz CT molecular complexity index is 1500. The number of likely N-dealkylation sites (N-methyl/N-ethyl adjacent to an activating group) is 1. The van der Waals surface area contributed by atoms with E-state index in [1.807, 2.05) is 47.4 Å². The lowest BCUT2D eigenvalue weighted by molar-refractivity contribution is 0.0747. The molecule has 40 heavy (non-hydrogen) atoms. The van der Waals surface area contributed by atoms with E-state index in [2.05, 4.69) is 66.4 Å². The second-order valence-electron chi connectivity index (χ2n) is 11.5. The molecular weight excluding hydrogens is 492 g/mol. The Balaban J connectivity index is 1.15. The highest BCUT2D eigenvalue weighted by molar-refractivity contribution is 6.07. The van der Waals surface area contributed by atoms with Crippen LogP contribution in [0.15, 0.2) is 97.1 Å². The first-order chi connectivity index (χ1) is 19.6. The highest BCUT2D eigenvalue weighted by Crippen LogP contribution is 2.46. The number of hydrogen-bond donors (Lipinski definition) is 0. The van der Waals surface area contributed by atoms with Crippen LogP contribution in [-0.2, 0) is 5.41 Å². The monoisotopic (exact) mass is 530 g/mol. The number of Topliss-reactive ketones (excluding diaryl/α,β-unsaturated/α-hetero) is 1. The topological polar surface area (TPSA) is 40.6 Å². The van der Waals surface area contributed by atoms with Gasteiger partial charge in [-0.15, -0.1) is 0 Å². The Labute approximate surface area is 237 Å². The number of benzene rings is 4. The van der Waals surface area contributed by atoms with Crippen molar-refractivity contribution < 1.29 is 9.59 Å². The van der Waals surface area contributed by atoms with E-state index >= 15 is 0 Å². The third-order valence-corrected chi connectivity index (χ3v) is 9.31. The first kappa shape index (κ1) is 26.5. The van der Waals surface area contributed by atoms with E-state index in [9.17, 15) is 9.59 Å². The van der Waals surface area contributed by atoms with Crippen LogP contribution in [0, 0.1) is 0 Å². The van der Waals surface area contributed by atoms with Gasteiger partial charge in [0.25, 0.3) is 5.91 Å². The molecule has 1 atom stereocenters. The molecule has 4 aromatic carbocycles. The Kier molecular flexibility index (Phi) is 7.53. The summed E-state index contributed by atoms with van der Waals surface area (Å²) in [7, 11) is 0. The summed E-state index contributed by atoms with van der Waals surface area (Å²) in [5, 5.41) is 2.11. The van der Waals surface area contributed by atoms with E-state index in [4.69, 9.17) is 0 Å². The van der Waals surface area contributed by atoms with Gasteiger partial charge in [0.15, 0.2) is 5.78 Å². The van der Waals surface area contributed by atoms with Crippen molar-refractivity contribution in [1.82, 2.24) is 9.80 Å². The molecule has 1 aliphatic carbocycles. The summed E-state index contributed by atoms with van der Waals surface area (Å²) in [4.78, 5) is 31.1.